The summed E-state index contributed by atoms with van der Waals surface area (Å²) in [6, 6.07) is 1.33. The second kappa shape index (κ2) is 3.36. The normalized spacial score (nSPS) is 15.3. The van der Waals surface area contributed by atoms with Crippen LogP contribution in [0.2, 0.25) is 5.02 Å². The number of benzene rings is 1. The molecule has 0 bridgehead atoms. The smallest absolute Gasteiger partial charge is 0.293 e. The Morgan fingerprint density at radius 1 is 1.53 bits per heavy atom. The van der Waals surface area contributed by atoms with Gasteiger partial charge in [-0.3, -0.25) is 15.0 Å². The number of nitro groups is 1. The summed E-state index contributed by atoms with van der Waals surface area (Å²) in [6.07, 6.45) is 0. The number of nitro benzene ring substituents is 1. The van der Waals surface area contributed by atoms with Crippen LogP contribution < -0.4 is 5.73 Å². The molecular weight excluding hydrogens is 218 g/mol. The van der Waals surface area contributed by atoms with Gasteiger partial charge in [-0.05, 0) is 12.6 Å². The number of hydrogen-bond acceptors (Lipinski definition) is 4. The number of anilines is 1. The molecule has 1 aromatic rings. The summed E-state index contributed by atoms with van der Waals surface area (Å²) < 4.78 is 0. The molecule has 5 nitrogen and oxygen atoms in total. The molecule has 0 amide bonds. The first-order chi connectivity index (χ1) is 7.00. The lowest BCUT2D eigenvalue weighted by atomic mass is 10.1. The van der Waals surface area contributed by atoms with Gasteiger partial charge in [0.05, 0.1) is 9.95 Å². The van der Waals surface area contributed by atoms with E-state index in [9.17, 15) is 10.1 Å². The Labute approximate surface area is 91.6 Å². The second-order valence-corrected chi connectivity index (χ2v) is 4.08. The van der Waals surface area contributed by atoms with Crippen LogP contribution in [0, 0.1) is 10.1 Å². The van der Waals surface area contributed by atoms with E-state index < -0.39 is 4.92 Å². The molecule has 2 N–H and O–H groups in total. The van der Waals surface area contributed by atoms with Crippen molar-refractivity contribution in [3.63, 3.8) is 0 Å². The quantitative estimate of drug-likeness (QED) is 0.451. The van der Waals surface area contributed by atoms with Crippen LogP contribution in [0.3, 0.4) is 0 Å². The van der Waals surface area contributed by atoms with Gasteiger partial charge in [0.2, 0.25) is 0 Å². The number of hydrogen-bond donors (Lipinski definition) is 1. The Kier molecular flexibility index (Phi) is 2.28. The van der Waals surface area contributed by atoms with Crippen molar-refractivity contribution in [2.45, 2.75) is 13.1 Å². The maximum absolute atomic E-state index is 10.7. The Bertz CT molecular complexity index is 447. The van der Waals surface area contributed by atoms with Crippen LogP contribution in [0.15, 0.2) is 6.07 Å². The molecule has 0 aliphatic carbocycles. The molecule has 0 aromatic heterocycles. The van der Waals surface area contributed by atoms with E-state index in [-0.39, 0.29) is 11.4 Å². The average molecular weight is 228 g/mol. The molecule has 6 heteroatoms. The molecule has 0 radical (unpaired) electrons. The van der Waals surface area contributed by atoms with Gasteiger partial charge < -0.3 is 5.73 Å². The lowest BCUT2D eigenvalue weighted by Crippen LogP contribution is -2.08. The van der Waals surface area contributed by atoms with Gasteiger partial charge in [0.15, 0.2) is 0 Å². The Hall–Kier alpha value is -1.33. The van der Waals surface area contributed by atoms with Crippen LogP contribution in [0.1, 0.15) is 11.1 Å². The van der Waals surface area contributed by atoms with Crippen LogP contribution in [0.5, 0.6) is 0 Å². The zero-order valence-corrected chi connectivity index (χ0v) is 8.91. The first-order valence-electron chi connectivity index (χ1n) is 4.43. The third-order valence-corrected chi connectivity index (χ3v) is 2.91. The molecular formula is C9H10ClN3O2. The summed E-state index contributed by atoms with van der Waals surface area (Å²) in [7, 11) is 1.92. The first-order valence-corrected chi connectivity index (χ1v) is 4.81. The molecule has 0 spiro atoms. The minimum Gasteiger partial charge on any atom is -0.393 e. The minimum atomic E-state index is -0.500. The van der Waals surface area contributed by atoms with E-state index in [0.717, 1.165) is 11.1 Å². The molecule has 1 aliphatic rings. The van der Waals surface area contributed by atoms with Crippen molar-refractivity contribution in [2.75, 3.05) is 12.8 Å². The highest BCUT2D eigenvalue weighted by molar-refractivity contribution is 6.32. The van der Waals surface area contributed by atoms with Gasteiger partial charge in [0.1, 0.15) is 5.69 Å². The monoisotopic (exact) mass is 227 g/mol. The third kappa shape index (κ3) is 1.53. The average Bonchev–Trinajstić information content (AvgIpc) is 2.53. The SMILES string of the molecule is CN1Cc2c(Cl)cc([N+](=O)[O-])c(N)c2C1. The molecule has 0 fully saturated rings. The molecule has 1 heterocycles. The number of nitrogens with two attached hydrogens (primary N) is 1. The van der Waals surface area contributed by atoms with Gasteiger partial charge in [-0.1, -0.05) is 11.6 Å². The van der Waals surface area contributed by atoms with E-state index in [2.05, 4.69) is 0 Å². The van der Waals surface area contributed by atoms with E-state index in [1.165, 1.54) is 6.07 Å². The van der Waals surface area contributed by atoms with Crippen LogP contribution in [-0.4, -0.2) is 16.9 Å². The number of halogens is 1. The van der Waals surface area contributed by atoms with E-state index in [1.807, 2.05) is 11.9 Å². The molecule has 0 saturated carbocycles. The molecule has 1 aliphatic heterocycles. The number of rotatable bonds is 1. The lowest BCUT2D eigenvalue weighted by Gasteiger charge is -2.05. The van der Waals surface area contributed by atoms with Gasteiger partial charge in [-0.2, -0.15) is 0 Å². The zero-order chi connectivity index (χ0) is 11.2. The van der Waals surface area contributed by atoms with Crippen LogP contribution in [0.25, 0.3) is 0 Å². The van der Waals surface area contributed by atoms with Gasteiger partial charge in [0, 0.05) is 24.7 Å². The number of nitrogens with zero attached hydrogens (tertiary/aromatic N) is 2. The molecule has 0 atom stereocenters. The summed E-state index contributed by atoms with van der Waals surface area (Å²) in [4.78, 5) is 12.2. The molecule has 2 rings (SSSR count). The number of fused-ring (bicyclic) bond motifs is 1. The highest BCUT2D eigenvalue weighted by atomic mass is 35.5. The first kappa shape index (κ1) is 10.2. The van der Waals surface area contributed by atoms with Crippen molar-refractivity contribution in [1.29, 1.82) is 0 Å². The lowest BCUT2D eigenvalue weighted by molar-refractivity contribution is -0.383. The predicted octanol–water partition coefficient (Wildman–Crippen LogP) is 1.78. The Morgan fingerprint density at radius 3 is 2.73 bits per heavy atom. The summed E-state index contributed by atoms with van der Waals surface area (Å²) in [5, 5.41) is 11.1. The van der Waals surface area contributed by atoms with Crippen LogP contribution in [-0.2, 0) is 13.1 Å². The highest BCUT2D eigenvalue weighted by Gasteiger charge is 2.27. The largest absolute Gasteiger partial charge is 0.393 e. The molecule has 80 valence electrons. The van der Waals surface area contributed by atoms with Crippen molar-refractivity contribution >= 4 is 23.0 Å². The molecule has 15 heavy (non-hydrogen) atoms. The summed E-state index contributed by atoms with van der Waals surface area (Å²) in [5.74, 6) is 0. The van der Waals surface area contributed by atoms with Crippen molar-refractivity contribution in [3.8, 4) is 0 Å². The number of nitrogen functional groups attached to an aromatic ring is 1. The fourth-order valence-electron chi connectivity index (χ4n) is 1.84. The van der Waals surface area contributed by atoms with Gasteiger partial charge in [-0.25, -0.2) is 0 Å². The maximum atomic E-state index is 10.7. The third-order valence-electron chi connectivity index (χ3n) is 2.57. The van der Waals surface area contributed by atoms with Crippen molar-refractivity contribution in [1.82, 2.24) is 4.90 Å². The summed E-state index contributed by atoms with van der Waals surface area (Å²) in [5.41, 5.74) is 7.57. The van der Waals surface area contributed by atoms with Crippen molar-refractivity contribution in [3.05, 3.63) is 32.3 Å². The van der Waals surface area contributed by atoms with Gasteiger partial charge >= 0.3 is 0 Å². The van der Waals surface area contributed by atoms with Crippen LogP contribution in [0.4, 0.5) is 11.4 Å². The van der Waals surface area contributed by atoms with Crippen molar-refractivity contribution < 1.29 is 4.92 Å². The van der Waals surface area contributed by atoms with E-state index in [4.69, 9.17) is 17.3 Å². The molecule has 0 saturated heterocycles. The van der Waals surface area contributed by atoms with E-state index in [0.29, 0.717) is 18.1 Å². The molecule has 1 aromatic carbocycles. The van der Waals surface area contributed by atoms with E-state index >= 15 is 0 Å². The molecule has 0 unspecified atom stereocenters. The van der Waals surface area contributed by atoms with Gasteiger partial charge in [0.25, 0.3) is 5.69 Å². The summed E-state index contributed by atoms with van der Waals surface area (Å²) >= 11 is 5.97. The predicted molar refractivity (Wildman–Crippen MR) is 57.7 cm³/mol. The minimum absolute atomic E-state index is 0.103. The van der Waals surface area contributed by atoms with Crippen molar-refractivity contribution in [2.24, 2.45) is 0 Å². The standard InChI is InChI=1S/C9H10ClN3O2/c1-12-3-5-6(4-12)9(11)8(13(14)15)2-7(5)10/h2H,3-4,11H2,1H3. The zero-order valence-electron chi connectivity index (χ0n) is 8.16. The second-order valence-electron chi connectivity index (χ2n) is 3.68. The summed E-state index contributed by atoms with van der Waals surface area (Å²) in [6.45, 7) is 1.30. The van der Waals surface area contributed by atoms with E-state index in [1.54, 1.807) is 0 Å². The Morgan fingerprint density at radius 2 is 2.13 bits per heavy atom. The Balaban J connectivity index is 2.63. The maximum Gasteiger partial charge on any atom is 0.293 e. The fourth-order valence-corrected chi connectivity index (χ4v) is 2.12. The van der Waals surface area contributed by atoms with Crippen LogP contribution >= 0.6 is 11.6 Å². The highest BCUT2D eigenvalue weighted by Crippen LogP contribution is 2.38. The van der Waals surface area contributed by atoms with Gasteiger partial charge in [-0.15, -0.1) is 0 Å². The fraction of sp³-hybridized carbons (Fsp3) is 0.333. The topological polar surface area (TPSA) is 72.4 Å².